The van der Waals surface area contributed by atoms with E-state index in [1.807, 2.05) is 0 Å². The molecule has 1 aliphatic heterocycles. The van der Waals surface area contributed by atoms with Gasteiger partial charge in [-0.25, -0.2) is 4.39 Å². The normalized spacial score (nSPS) is 21.5. The first kappa shape index (κ1) is 10.4. The Kier molecular flexibility index (Phi) is 3.10. The van der Waals surface area contributed by atoms with E-state index in [0.29, 0.717) is 5.56 Å². The SMILES string of the molecule is Fc1c(Cl)ccc(Br)c1C1CCNC1. The van der Waals surface area contributed by atoms with E-state index in [4.69, 9.17) is 11.6 Å². The predicted molar refractivity (Wildman–Crippen MR) is 59.3 cm³/mol. The summed E-state index contributed by atoms with van der Waals surface area (Å²) in [6.07, 6.45) is 0.968. The smallest absolute Gasteiger partial charge is 0.146 e. The van der Waals surface area contributed by atoms with Crippen LogP contribution in [0.25, 0.3) is 0 Å². The Hall–Kier alpha value is -0.120. The quantitative estimate of drug-likeness (QED) is 0.777. The summed E-state index contributed by atoms with van der Waals surface area (Å²) in [6, 6.07) is 3.38. The van der Waals surface area contributed by atoms with Crippen molar-refractivity contribution in [1.29, 1.82) is 0 Å². The van der Waals surface area contributed by atoms with E-state index in [1.54, 1.807) is 12.1 Å². The second-order valence-corrected chi connectivity index (χ2v) is 4.71. The van der Waals surface area contributed by atoms with E-state index in [-0.39, 0.29) is 16.8 Å². The van der Waals surface area contributed by atoms with E-state index in [9.17, 15) is 4.39 Å². The van der Waals surface area contributed by atoms with Crippen LogP contribution in [0.1, 0.15) is 17.9 Å². The summed E-state index contributed by atoms with van der Waals surface area (Å²) >= 11 is 9.11. The summed E-state index contributed by atoms with van der Waals surface area (Å²) < 4.78 is 14.5. The van der Waals surface area contributed by atoms with Gasteiger partial charge in [-0.3, -0.25) is 0 Å². The zero-order valence-electron chi connectivity index (χ0n) is 7.49. The lowest BCUT2D eigenvalue weighted by molar-refractivity contribution is 0.586. The van der Waals surface area contributed by atoms with Gasteiger partial charge >= 0.3 is 0 Å². The zero-order valence-corrected chi connectivity index (χ0v) is 9.83. The van der Waals surface area contributed by atoms with E-state index < -0.39 is 0 Å². The number of hydrogen-bond donors (Lipinski definition) is 1. The van der Waals surface area contributed by atoms with Crippen LogP contribution in [0.2, 0.25) is 5.02 Å². The van der Waals surface area contributed by atoms with Crippen molar-refractivity contribution >= 4 is 27.5 Å². The van der Waals surface area contributed by atoms with Gasteiger partial charge in [0, 0.05) is 22.5 Å². The monoisotopic (exact) mass is 277 g/mol. The minimum atomic E-state index is -0.283. The third kappa shape index (κ3) is 1.81. The van der Waals surface area contributed by atoms with Crippen LogP contribution in [0.3, 0.4) is 0 Å². The highest BCUT2D eigenvalue weighted by Gasteiger charge is 2.23. The molecule has 76 valence electrons. The minimum Gasteiger partial charge on any atom is -0.316 e. The number of rotatable bonds is 1. The third-order valence-corrected chi connectivity index (χ3v) is 3.53. The van der Waals surface area contributed by atoms with Gasteiger partial charge in [0.1, 0.15) is 5.82 Å². The maximum Gasteiger partial charge on any atom is 0.146 e. The summed E-state index contributed by atoms with van der Waals surface area (Å²) in [7, 11) is 0. The Morgan fingerprint density at radius 3 is 2.93 bits per heavy atom. The van der Waals surface area contributed by atoms with Crippen LogP contribution in [0.4, 0.5) is 4.39 Å². The van der Waals surface area contributed by atoms with E-state index >= 15 is 0 Å². The number of halogens is 3. The molecule has 1 N–H and O–H groups in total. The van der Waals surface area contributed by atoms with Gasteiger partial charge < -0.3 is 5.32 Å². The number of benzene rings is 1. The number of hydrogen-bond acceptors (Lipinski definition) is 1. The van der Waals surface area contributed by atoms with Crippen molar-refractivity contribution in [2.45, 2.75) is 12.3 Å². The van der Waals surface area contributed by atoms with Crippen molar-refractivity contribution in [3.8, 4) is 0 Å². The third-order valence-electron chi connectivity index (χ3n) is 2.55. The largest absolute Gasteiger partial charge is 0.316 e. The highest BCUT2D eigenvalue weighted by molar-refractivity contribution is 9.10. The van der Waals surface area contributed by atoms with E-state index in [2.05, 4.69) is 21.2 Å². The van der Waals surface area contributed by atoms with Crippen LogP contribution in [0.15, 0.2) is 16.6 Å². The molecule has 0 spiro atoms. The molecular formula is C10H10BrClFN. The molecule has 0 radical (unpaired) electrons. The molecule has 1 nitrogen and oxygen atoms in total. The highest BCUT2D eigenvalue weighted by atomic mass is 79.9. The fourth-order valence-corrected chi connectivity index (χ4v) is 2.61. The standard InChI is InChI=1S/C10H10BrClFN/c11-7-1-2-8(12)10(13)9(7)6-3-4-14-5-6/h1-2,6,14H,3-5H2. The van der Waals surface area contributed by atoms with Gasteiger partial charge in [-0.2, -0.15) is 0 Å². The van der Waals surface area contributed by atoms with Gasteiger partial charge in [0.05, 0.1) is 5.02 Å². The Balaban J connectivity index is 2.44. The lowest BCUT2D eigenvalue weighted by atomic mass is 9.98. The molecule has 2 rings (SSSR count). The van der Waals surface area contributed by atoms with Crippen molar-refractivity contribution in [3.05, 3.63) is 33.0 Å². The molecule has 1 heterocycles. The molecule has 14 heavy (non-hydrogen) atoms. The van der Waals surface area contributed by atoms with Crippen LogP contribution < -0.4 is 5.32 Å². The molecule has 1 saturated heterocycles. The van der Waals surface area contributed by atoms with Crippen molar-refractivity contribution in [3.63, 3.8) is 0 Å². The molecule has 0 aromatic heterocycles. The average molecular weight is 279 g/mol. The van der Waals surface area contributed by atoms with Crippen molar-refractivity contribution in [1.82, 2.24) is 5.32 Å². The molecule has 1 aromatic rings. The van der Waals surface area contributed by atoms with Gasteiger partial charge in [0.25, 0.3) is 0 Å². The maximum absolute atomic E-state index is 13.7. The van der Waals surface area contributed by atoms with Crippen LogP contribution in [-0.2, 0) is 0 Å². The Bertz CT molecular complexity index is 350. The first-order chi connectivity index (χ1) is 6.70. The van der Waals surface area contributed by atoms with Crippen LogP contribution in [0.5, 0.6) is 0 Å². The van der Waals surface area contributed by atoms with E-state index in [0.717, 1.165) is 24.0 Å². The van der Waals surface area contributed by atoms with Gasteiger partial charge in [0.15, 0.2) is 0 Å². The van der Waals surface area contributed by atoms with Gasteiger partial charge in [-0.05, 0) is 25.1 Å². The number of nitrogens with one attached hydrogen (secondary N) is 1. The Morgan fingerprint density at radius 1 is 1.50 bits per heavy atom. The lowest BCUT2D eigenvalue weighted by Crippen LogP contribution is -2.09. The van der Waals surface area contributed by atoms with Crippen molar-refractivity contribution in [2.75, 3.05) is 13.1 Å². The van der Waals surface area contributed by atoms with Gasteiger partial charge in [0.2, 0.25) is 0 Å². The molecule has 0 amide bonds. The molecule has 1 atom stereocenters. The predicted octanol–water partition coefficient (Wildman–Crippen LogP) is 3.32. The molecule has 0 saturated carbocycles. The first-order valence-electron chi connectivity index (χ1n) is 4.54. The summed E-state index contributed by atoms with van der Waals surface area (Å²) in [5.41, 5.74) is 0.711. The second kappa shape index (κ2) is 4.17. The summed E-state index contributed by atoms with van der Waals surface area (Å²) in [6.45, 7) is 1.78. The molecule has 1 unspecified atom stereocenters. The minimum absolute atomic E-state index is 0.204. The summed E-state index contributed by atoms with van der Waals surface area (Å²) in [5, 5.41) is 3.42. The fraction of sp³-hybridized carbons (Fsp3) is 0.400. The fourth-order valence-electron chi connectivity index (χ4n) is 1.82. The average Bonchev–Trinajstić information content (AvgIpc) is 2.65. The second-order valence-electron chi connectivity index (χ2n) is 3.45. The Labute approximate surface area is 95.8 Å². The van der Waals surface area contributed by atoms with Crippen LogP contribution in [-0.4, -0.2) is 13.1 Å². The van der Waals surface area contributed by atoms with Crippen molar-refractivity contribution < 1.29 is 4.39 Å². The van der Waals surface area contributed by atoms with Crippen LogP contribution in [0, 0.1) is 5.82 Å². The van der Waals surface area contributed by atoms with Gasteiger partial charge in [-0.15, -0.1) is 0 Å². The topological polar surface area (TPSA) is 12.0 Å². The highest BCUT2D eigenvalue weighted by Crippen LogP contribution is 2.34. The van der Waals surface area contributed by atoms with Gasteiger partial charge in [-0.1, -0.05) is 27.5 Å². The molecule has 1 fully saturated rings. The molecule has 0 aliphatic carbocycles. The molecule has 1 aromatic carbocycles. The summed E-state index contributed by atoms with van der Waals surface area (Å²) in [4.78, 5) is 0. The van der Waals surface area contributed by atoms with Crippen LogP contribution >= 0.6 is 27.5 Å². The molecular weight excluding hydrogens is 268 g/mol. The maximum atomic E-state index is 13.7. The first-order valence-corrected chi connectivity index (χ1v) is 5.71. The lowest BCUT2D eigenvalue weighted by Gasteiger charge is -2.13. The Morgan fingerprint density at radius 2 is 2.29 bits per heavy atom. The van der Waals surface area contributed by atoms with Crippen molar-refractivity contribution in [2.24, 2.45) is 0 Å². The summed E-state index contributed by atoms with van der Waals surface area (Å²) in [5.74, 6) is -0.0437. The molecule has 4 heteroatoms. The molecule has 1 aliphatic rings. The molecule has 0 bridgehead atoms. The van der Waals surface area contributed by atoms with E-state index in [1.165, 1.54) is 0 Å². The zero-order chi connectivity index (χ0) is 10.1.